The first-order chi connectivity index (χ1) is 6.20. The predicted octanol–water partition coefficient (Wildman–Crippen LogP) is 3.75. The average Bonchev–Trinajstić information content (AvgIpc) is 2.12. The van der Waals surface area contributed by atoms with Gasteiger partial charge in [-0.25, -0.2) is 0 Å². The van der Waals surface area contributed by atoms with Gasteiger partial charge in [-0.3, -0.25) is 0 Å². The van der Waals surface area contributed by atoms with E-state index < -0.39 is 0 Å². The minimum absolute atomic E-state index is 0. The first-order valence-electron chi connectivity index (χ1n) is 4.42. The summed E-state index contributed by atoms with van der Waals surface area (Å²) in [5.41, 5.74) is 8.18. The third-order valence-corrected chi connectivity index (χ3v) is 3.24. The van der Waals surface area contributed by atoms with E-state index in [0.717, 1.165) is 40.4 Å². The normalized spacial score (nSPS) is 19.8. The zero-order chi connectivity index (χ0) is 9.42. The van der Waals surface area contributed by atoms with E-state index in [1.54, 1.807) is 0 Å². The Labute approximate surface area is 100.0 Å². The van der Waals surface area contributed by atoms with Gasteiger partial charge < -0.3 is 5.73 Å². The fraction of sp³-hybridized carbons (Fsp3) is 0.400. The average molecular weight is 253 g/mol. The SMILES string of the molecule is Cl.NC1CCCc2c(Cl)ccc(Cl)c21. The van der Waals surface area contributed by atoms with Gasteiger partial charge in [-0.15, -0.1) is 12.4 Å². The van der Waals surface area contributed by atoms with Gasteiger partial charge in [-0.05, 0) is 42.5 Å². The molecule has 14 heavy (non-hydrogen) atoms. The Bertz CT molecular complexity index is 338. The van der Waals surface area contributed by atoms with Crippen LogP contribution in [0.3, 0.4) is 0 Å². The Morgan fingerprint density at radius 1 is 1.21 bits per heavy atom. The molecule has 1 nitrogen and oxygen atoms in total. The maximum Gasteiger partial charge on any atom is 0.0457 e. The summed E-state index contributed by atoms with van der Waals surface area (Å²) in [5.74, 6) is 0. The summed E-state index contributed by atoms with van der Waals surface area (Å²) in [6.45, 7) is 0. The van der Waals surface area contributed by atoms with E-state index in [-0.39, 0.29) is 18.4 Å². The van der Waals surface area contributed by atoms with Crippen LogP contribution in [0.2, 0.25) is 10.0 Å². The number of halogens is 3. The molecular weight excluding hydrogens is 240 g/mol. The quantitative estimate of drug-likeness (QED) is 0.748. The summed E-state index contributed by atoms with van der Waals surface area (Å²) in [6.07, 6.45) is 3.11. The van der Waals surface area contributed by atoms with Crippen LogP contribution in [0.5, 0.6) is 0 Å². The first-order valence-corrected chi connectivity index (χ1v) is 5.18. The zero-order valence-electron chi connectivity index (χ0n) is 7.59. The molecule has 0 aliphatic heterocycles. The molecule has 1 aromatic rings. The van der Waals surface area contributed by atoms with E-state index in [1.807, 2.05) is 12.1 Å². The maximum atomic E-state index is 6.07. The van der Waals surface area contributed by atoms with Crippen molar-refractivity contribution in [3.8, 4) is 0 Å². The standard InChI is InChI=1S/C10H11Cl2N.ClH/c11-7-4-5-8(12)10-6(7)2-1-3-9(10)13;/h4-5,9H,1-3,13H2;1H. The Balaban J connectivity index is 0.000000980. The van der Waals surface area contributed by atoms with E-state index in [4.69, 9.17) is 28.9 Å². The number of hydrogen-bond acceptors (Lipinski definition) is 1. The third-order valence-electron chi connectivity index (χ3n) is 2.56. The summed E-state index contributed by atoms with van der Waals surface area (Å²) < 4.78 is 0. The van der Waals surface area contributed by atoms with Crippen molar-refractivity contribution in [3.63, 3.8) is 0 Å². The summed E-state index contributed by atoms with van der Waals surface area (Å²) in [7, 11) is 0. The molecule has 0 spiro atoms. The van der Waals surface area contributed by atoms with Crippen LogP contribution in [0.15, 0.2) is 12.1 Å². The molecule has 1 atom stereocenters. The highest BCUT2D eigenvalue weighted by molar-refractivity contribution is 6.34. The van der Waals surface area contributed by atoms with Crippen molar-refractivity contribution in [2.45, 2.75) is 25.3 Å². The largest absolute Gasteiger partial charge is 0.324 e. The van der Waals surface area contributed by atoms with Crippen molar-refractivity contribution in [2.75, 3.05) is 0 Å². The Hall–Kier alpha value is 0.0500. The molecule has 0 saturated carbocycles. The molecule has 0 radical (unpaired) electrons. The topological polar surface area (TPSA) is 26.0 Å². The number of hydrogen-bond donors (Lipinski definition) is 1. The molecule has 0 heterocycles. The van der Waals surface area contributed by atoms with E-state index in [9.17, 15) is 0 Å². The second kappa shape index (κ2) is 4.71. The van der Waals surface area contributed by atoms with Gasteiger partial charge in [0.15, 0.2) is 0 Å². The van der Waals surface area contributed by atoms with Crippen LogP contribution < -0.4 is 5.73 Å². The highest BCUT2D eigenvalue weighted by Gasteiger charge is 2.21. The van der Waals surface area contributed by atoms with E-state index in [1.165, 1.54) is 0 Å². The fourth-order valence-electron chi connectivity index (χ4n) is 1.91. The van der Waals surface area contributed by atoms with Crippen molar-refractivity contribution in [1.29, 1.82) is 0 Å². The molecular formula is C10H12Cl3N. The van der Waals surface area contributed by atoms with Crippen molar-refractivity contribution in [1.82, 2.24) is 0 Å². The van der Waals surface area contributed by atoms with Gasteiger partial charge in [0, 0.05) is 16.1 Å². The molecule has 1 aliphatic carbocycles. The van der Waals surface area contributed by atoms with Gasteiger partial charge in [0.1, 0.15) is 0 Å². The number of nitrogens with two attached hydrogens (primary N) is 1. The molecule has 0 bridgehead atoms. The van der Waals surface area contributed by atoms with Crippen molar-refractivity contribution < 1.29 is 0 Å². The maximum absolute atomic E-state index is 6.07. The summed E-state index contributed by atoms with van der Waals surface area (Å²) in [4.78, 5) is 0. The minimum atomic E-state index is 0. The molecule has 0 saturated heterocycles. The van der Waals surface area contributed by atoms with Crippen molar-refractivity contribution >= 4 is 35.6 Å². The molecule has 78 valence electrons. The van der Waals surface area contributed by atoms with Crippen LogP contribution in [-0.2, 0) is 6.42 Å². The molecule has 1 aromatic carbocycles. The van der Waals surface area contributed by atoms with Gasteiger partial charge in [0.2, 0.25) is 0 Å². The second-order valence-corrected chi connectivity index (χ2v) is 4.23. The summed E-state index contributed by atoms with van der Waals surface area (Å²) >= 11 is 12.1. The zero-order valence-corrected chi connectivity index (χ0v) is 9.92. The summed E-state index contributed by atoms with van der Waals surface area (Å²) in [5, 5.41) is 1.56. The third kappa shape index (κ3) is 2.01. The first kappa shape index (κ1) is 12.1. The van der Waals surface area contributed by atoms with Gasteiger partial charge in [0.05, 0.1) is 0 Å². The molecule has 4 heteroatoms. The highest BCUT2D eigenvalue weighted by atomic mass is 35.5. The Morgan fingerprint density at radius 3 is 2.50 bits per heavy atom. The van der Waals surface area contributed by atoms with Crippen LogP contribution in [-0.4, -0.2) is 0 Å². The van der Waals surface area contributed by atoms with Crippen LogP contribution in [0.4, 0.5) is 0 Å². The van der Waals surface area contributed by atoms with E-state index in [2.05, 4.69) is 0 Å². The second-order valence-electron chi connectivity index (χ2n) is 3.42. The molecule has 1 unspecified atom stereocenters. The van der Waals surface area contributed by atoms with E-state index in [0.29, 0.717) is 0 Å². The Kier molecular flexibility index (Phi) is 4.08. The number of fused-ring (bicyclic) bond motifs is 1. The molecule has 0 aromatic heterocycles. The predicted molar refractivity (Wildman–Crippen MR) is 63.6 cm³/mol. The van der Waals surface area contributed by atoms with Gasteiger partial charge in [0.25, 0.3) is 0 Å². The summed E-state index contributed by atoms with van der Waals surface area (Å²) in [6, 6.07) is 3.74. The molecule has 0 fully saturated rings. The smallest absolute Gasteiger partial charge is 0.0457 e. The van der Waals surface area contributed by atoms with Crippen molar-refractivity contribution in [3.05, 3.63) is 33.3 Å². The lowest BCUT2D eigenvalue weighted by Crippen LogP contribution is -2.18. The Morgan fingerprint density at radius 2 is 1.86 bits per heavy atom. The molecule has 2 N–H and O–H groups in total. The number of benzene rings is 1. The molecule has 2 rings (SSSR count). The van der Waals surface area contributed by atoms with Crippen LogP contribution >= 0.6 is 35.6 Å². The van der Waals surface area contributed by atoms with E-state index >= 15 is 0 Å². The van der Waals surface area contributed by atoms with Crippen LogP contribution in [0.1, 0.15) is 30.0 Å². The lowest BCUT2D eigenvalue weighted by Gasteiger charge is -2.24. The van der Waals surface area contributed by atoms with Crippen molar-refractivity contribution in [2.24, 2.45) is 5.73 Å². The van der Waals surface area contributed by atoms with Crippen LogP contribution in [0, 0.1) is 0 Å². The fourth-order valence-corrected chi connectivity index (χ4v) is 2.48. The van der Waals surface area contributed by atoms with Gasteiger partial charge >= 0.3 is 0 Å². The molecule has 1 aliphatic rings. The lowest BCUT2D eigenvalue weighted by atomic mass is 9.88. The highest BCUT2D eigenvalue weighted by Crippen LogP contribution is 2.37. The number of rotatable bonds is 0. The van der Waals surface area contributed by atoms with Crippen LogP contribution in [0.25, 0.3) is 0 Å². The van der Waals surface area contributed by atoms with Gasteiger partial charge in [-0.1, -0.05) is 23.2 Å². The lowest BCUT2D eigenvalue weighted by molar-refractivity contribution is 0.571. The molecule has 0 amide bonds. The monoisotopic (exact) mass is 251 g/mol. The minimum Gasteiger partial charge on any atom is -0.324 e. The van der Waals surface area contributed by atoms with Gasteiger partial charge in [-0.2, -0.15) is 0 Å².